The second-order valence-corrected chi connectivity index (χ2v) is 5.65. The van der Waals surface area contributed by atoms with Crippen LogP contribution in [-0.4, -0.2) is 52.7 Å². The largest absolute Gasteiger partial charge is 0.337 e. The van der Waals surface area contributed by atoms with Gasteiger partial charge in [-0.1, -0.05) is 0 Å². The number of anilines is 1. The minimum absolute atomic E-state index is 0.338. The standard InChI is InChI=1S/C12H16N4OS/c1-18-11-4-13-12(14-5-11)15-6-9-2-3-10(7-15)16(9)8-17/h4-5,8-10H,2-3,6-7H2,1H3/t9-,10+. The fourth-order valence-corrected chi connectivity index (χ4v) is 3.17. The molecule has 3 rings (SSSR count). The molecule has 6 heteroatoms. The van der Waals surface area contributed by atoms with Crippen molar-refractivity contribution in [3.8, 4) is 0 Å². The van der Waals surface area contributed by atoms with E-state index in [1.54, 1.807) is 11.8 Å². The van der Waals surface area contributed by atoms with Crippen LogP contribution in [0.4, 0.5) is 5.95 Å². The molecular formula is C12H16N4OS. The highest BCUT2D eigenvalue weighted by molar-refractivity contribution is 7.98. The van der Waals surface area contributed by atoms with Crippen LogP contribution in [0.1, 0.15) is 12.8 Å². The maximum absolute atomic E-state index is 11.0. The second-order valence-electron chi connectivity index (χ2n) is 4.77. The van der Waals surface area contributed by atoms with Gasteiger partial charge in [0.15, 0.2) is 0 Å². The number of piperazine rings is 1. The van der Waals surface area contributed by atoms with Crippen molar-refractivity contribution < 1.29 is 4.79 Å². The third-order valence-corrected chi connectivity index (χ3v) is 4.48. The van der Waals surface area contributed by atoms with Crippen LogP contribution in [0.3, 0.4) is 0 Å². The van der Waals surface area contributed by atoms with E-state index in [0.29, 0.717) is 12.1 Å². The van der Waals surface area contributed by atoms with Gasteiger partial charge in [-0.3, -0.25) is 4.79 Å². The fourth-order valence-electron chi connectivity index (χ4n) is 2.85. The summed E-state index contributed by atoms with van der Waals surface area (Å²) in [6, 6.07) is 0.676. The fraction of sp³-hybridized carbons (Fsp3) is 0.583. The van der Waals surface area contributed by atoms with Gasteiger partial charge < -0.3 is 9.80 Å². The molecule has 1 amide bonds. The monoisotopic (exact) mass is 264 g/mol. The Morgan fingerprint density at radius 3 is 2.39 bits per heavy atom. The molecule has 0 unspecified atom stereocenters. The Labute approximate surface area is 111 Å². The Kier molecular flexibility index (Phi) is 3.11. The van der Waals surface area contributed by atoms with E-state index in [9.17, 15) is 4.79 Å². The van der Waals surface area contributed by atoms with E-state index in [1.807, 2.05) is 23.5 Å². The molecule has 1 aromatic heterocycles. The molecule has 96 valence electrons. The summed E-state index contributed by atoms with van der Waals surface area (Å²) in [5, 5.41) is 0. The van der Waals surface area contributed by atoms with Crippen LogP contribution in [0.25, 0.3) is 0 Å². The summed E-state index contributed by atoms with van der Waals surface area (Å²) in [6.45, 7) is 1.71. The van der Waals surface area contributed by atoms with Crippen molar-refractivity contribution in [3.05, 3.63) is 12.4 Å². The van der Waals surface area contributed by atoms with E-state index >= 15 is 0 Å². The number of thioether (sulfide) groups is 1. The molecule has 2 atom stereocenters. The van der Waals surface area contributed by atoms with Gasteiger partial charge in [0.2, 0.25) is 12.4 Å². The molecule has 18 heavy (non-hydrogen) atoms. The highest BCUT2D eigenvalue weighted by Crippen LogP contribution is 2.30. The Balaban J connectivity index is 1.76. The van der Waals surface area contributed by atoms with Gasteiger partial charge >= 0.3 is 0 Å². The van der Waals surface area contributed by atoms with Gasteiger partial charge in [0, 0.05) is 42.5 Å². The minimum atomic E-state index is 0.338. The Morgan fingerprint density at radius 2 is 1.89 bits per heavy atom. The zero-order valence-corrected chi connectivity index (χ0v) is 11.1. The first-order valence-electron chi connectivity index (χ1n) is 6.15. The number of carbonyl (C=O) groups is 1. The summed E-state index contributed by atoms with van der Waals surface area (Å²) in [5.74, 6) is 0.787. The van der Waals surface area contributed by atoms with Crippen molar-refractivity contribution in [2.75, 3.05) is 24.2 Å². The van der Waals surface area contributed by atoms with E-state index < -0.39 is 0 Å². The number of fused-ring (bicyclic) bond motifs is 2. The van der Waals surface area contributed by atoms with Crippen LogP contribution in [-0.2, 0) is 4.79 Å². The third-order valence-electron chi connectivity index (χ3n) is 3.79. The van der Waals surface area contributed by atoms with Crippen LogP contribution >= 0.6 is 11.8 Å². The number of hydrogen-bond donors (Lipinski definition) is 0. The lowest BCUT2D eigenvalue weighted by molar-refractivity contribution is -0.121. The van der Waals surface area contributed by atoms with Crippen LogP contribution in [0, 0.1) is 0 Å². The maximum atomic E-state index is 11.0. The first kappa shape index (κ1) is 11.8. The van der Waals surface area contributed by atoms with Crippen LogP contribution in [0.5, 0.6) is 0 Å². The molecule has 2 aliphatic heterocycles. The quantitative estimate of drug-likeness (QED) is 0.602. The van der Waals surface area contributed by atoms with Crippen molar-refractivity contribution in [1.82, 2.24) is 14.9 Å². The highest BCUT2D eigenvalue weighted by Gasteiger charge is 2.39. The van der Waals surface area contributed by atoms with Gasteiger partial charge in [-0.2, -0.15) is 0 Å². The molecule has 5 nitrogen and oxygen atoms in total. The number of amides is 1. The average Bonchev–Trinajstić information content (AvgIpc) is 2.67. The van der Waals surface area contributed by atoms with Gasteiger partial charge in [0.05, 0.1) is 0 Å². The van der Waals surface area contributed by atoms with Crippen molar-refractivity contribution in [3.63, 3.8) is 0 Å². The van der Waals surface area contributed by atoms with Crippen LogP contribution < -0.4 is 4.90 Å². The number of hydrogen-bond acceptors (Lipinski definition) is 5. The van der Waals surface area contributed by atoms with Crippen molar-refractivity contribution in [1.29, 1.82) is 0 Å². The van der Waals surface area contributed by atoms with Gasteiger partial charge in [0.25, 0.3) is 0 Å². The molecule has 0 saturated carbocycles. The minimum Gasteiger partial charge on any atom is -0.337 e. The zero-order chi connectivity index (χ0) is 12.5. The molecule has 2 saturated heterocycles. The van der Waals surface area contributed by atoms with Gasteiger partial charge in [-0.05, 0) is 19.1 Å². The van der Waals surface area contributed by atoms with E-state index in [0.717, 1.165) is 43.2 Å². The lowest BCUT2D eigenvalue weighted by atomic mass is 10.2. The molecule has 0 radical (unpaired) electrons. The number of rotatable bonds is 3. The van der Waals surface area contributed by atoms with Gasteiger partial charge in [-0.25, -0.2) is 9.97 Å². The molecule has 0 spiro atoms. The highest BCUT2D eigenvalue weighted by atomic mass is 32.2. The summed E-state index contributed by atoms with van der Waals surface area (Å²) in [6.07, 6.45) is 8.94. The molecule has 2 bridgehead atoms. The lowest BCUT2D eigenvalue weighted by Crippen LogP contribution is -2.53. The summed E-state index contributed by atoms with van der Waals surface area (Å²) in [7, 11) is 0. The normalized spacial score (nSPS) is 26.5. The first-order chi connectivity index (χ1) is 8.81. The average molecular weight is 264 g/mol. The molecule has 0 N–H and O–H groups in total. The number of aromatic nitrogens is 2. The summed E-state index contributed by atoms with van der Waals surface area (Å²) >= 11 is 1.64. The lowest BCUT2D eigenvalue weighted by Gasteiger charge is -2.38. The topological polar surface area (TPSA) is 49.3 Å². The molecule has 2 aliphatic rings. The number of nitrogens with zero attached hydrogens (tertiary/aromatic N) is 4. The molecule has 3 heterocycles. The molecular weight excluding hydrogens is 248 g/mol. The third kappa shape index (κ3) is 1.94. The van der Waals surface area contributed by atoms with Gasteiger partial charge in [0.1, 0.15) is 0 Å². The Hall–Kier alpha value is -1.30. The van der Waals surface area contributed by atoms with E-state index in [1.165, 1.54) is 0 Å². The Morgan fingerprint density at radius 1 is 1.28 bits per heavy atom. The van der Waals surface area contributed by atoms with Crippen molar-refractivity contribution in [2.24, 2.45) is 0 Å². The van der Waals surface area contributed by atoms with Crippen molar-refractivity contribution >= 4 is 24.1 Å². The van der Waals surface area contributed by atoms with E-state index in [4.69, 9.17) is 0 Å². The molecule has 0 aliphatic carbocycles. The van der Waals surface area contributed by atoms with Crippen LogP contribution in [0.2, 0.25) is 0 Å². The van der Waals surface area contributed by atoms with Crippen molar-refractivity contribution in [2.45, 2.75) is 29.8 Å². The zero-order valence-electron chi connectivity index (χ0n) is 10.3. The summed E-state index contributed by atoms with van der Waals surface area (Å²) in [5.41, 5.74) is 0. The number of carbonyl (C=O) groups excluding carboxylic acids is 1. The molecule has 2 fully saturated rings. The SMILES string of the molecule is CSc1cnc(N2C[C@H]3CC[C@@H](C2)N3C=O)nc1. The molecule has 0 aromatic carbocycles. The smallest absolute Gasteiger partial charge is 0.225 e. The first-order valence-corrected chi connectivity index (χ1v) is 7.38. The molecule has 1 aromatic rings. The maximum Gasteiger partial charge on any atom is 0.225 e. The summed E-state index contributed by atoms with van der Waals surface area (Å²) < 4.78 is 0. The second kappa shape index (κ2) is 4.76. The predicted octanol–water partition coefficient (Wildman–Crippen LogP) is 1.01. The predicted molar refractivity (Wildman–Crippen MR) is 70.7 cm³/mol. The summed E-state index contributed by atoms with van der Waals surface area (Å²) in [4.78, 5) is 25.1. The van der Waals surface area contributed by atoms with Gasteiger partial charge in [-0.15, -0.1) is 11.8 Å². The van der Waals surface area contributed by atoms with E-state index in [2.05, 4.69) is 14.9 Å². The van der Waals surface area contributed by atoms with Crippen LogP contribution in [0.15, 0.2) is 17.3 Å². The Bertz CT molecular complexity index is 424. The van der Waals surface area contributed by atoms with E-state index in [-0.39, 0.29) is 0 Å².